The highest BCUT2D eigenvalue weighted by Crippen LogP contribution is 2.31. The van der Waals surface area contributed by atoms with Crippen molar-refractivity contribution in [2.75, 3.05) is 0 Å². The van der Waals surface area contributed by atoms with E-state index in [1.165, 1.54) is 10.5 Å². The molecule has 0 atom stereocenters. The zero-order chi connectivity index (χ0) is 18.2. The zero-order valence-electron chi connectivity index (χ0n) is 14.6. The van der Waals surface area contributed by atoms with Gasteiger partial charge in [-0.1, -0.05) is 57.5 Å². The fraction of sp³-hybridized carbons (Fsp3) is 0.0952. The molecule has 1 heterocycles. The van der Waals surface area contributed by atoms with E-state index in [4.69, 9.17) is 9.15 Å². The summed E-state index contributed by atoms with van der Waals surface area (Å²) >= 11 is 0. The molecule has 5 heteroatoms. The van der Waals surface area contributed by atoms with Crippen molar-refractivity contribution in [3.05, 3.63) is 89.7 Å². The summed E-state index contributed by atoms with van der Waals surface area (Å²) in [4.78, 5) is 5.80. The van der Waals surface area contributed by atoms with Gasteiger partial charge in [0.05, 0.1) is 12.0 Å². The maximum Gasteiger partial charge on any atom is 0.220 e. The molecule has 0 amide bonds. The standard InChI is InChI=1S/C21H19NO2S2/c1-16-8-10-18(11-9-16)22-21(24-20-12-14-23-17(20)2)13-15-25-26-19-6-4-3-5-7-19/h3-15H,1-2H3/b15-13+,22-21-. The van der Waals surface area contributed by atoms with Crippen LogP contribution in [-0.4, -0.2) is 5.90 Å². The molecule has 0 fully saturated rings. The molecule has 0 radical (unpaired) electrons. The lowest BCUT2D eigenvalue weighted by molar-refractivity contribution is 0.491. The summed E-state index contributed by atoms with van der Waals surface area (Å²) in [6.07, 6.45) is 3.48. The Morgan fingerprint density at radius 2 is 1.77 bits per heavy atom. The number of hydrogen-bond donors (Lipinski definition) is 0. The molecular formula is C21H19NO2S2. The van der Waals surface area contributed by atoms with E-state index in [-0.39, 0.29) is 0 Å². The van der Waals surface area contributed by atoms with Crippen LogP contribution in [0.2, 0.25) is 0 Å². The van der Waals surface area contributed by atoms with E-state index in [1.54, 1.807) is 33.9 Å². The summed E-state index contributed by atoms with van der Waals surface area (Å²) in [5.74, 6) is 1.90. The van der Waals surface area contributed by atoms with Crippen molar-refractivity contribution in [3.63, 3.8) is 0 Å². The third-order valence-electron chi connectivity index (χ3n) is 3.45. The first kappa shape index (κ1) is 18.4. The third-order valence-corrected chi connectivity index (χ3v) is 5.46. The van der Waals surface area contributed by atoms with Gasteiger partial charge < -0.3 is 9.15 Å². The van der Waals surface area contributed by atoms with Crippen LogP contribution in [0.15, 0.2) is 92.7 Å². The average molecular weight is 382 g/mol. The number of nitrogens with zero attached hydrogens (tertiary/aromatic N) is 1. The molecule has 0 N–H and O–H groups in total. The molecule has 0 spiro atoms. The molecule has 0 aliphatic heterocycles. The van der Waals surface area contributed by atoms with E-state index >= 15 is 0 Å². The van der Waals surface area contributed by atoms with Crippen molar-refractivity contribution in [1.82, 2.24) is 0 Å². The molecule has 132 valence electrons. The van der Waals surface area contributed by atoms with Crippen LogP contribution in [0.3, 0.4) is 0 Å². The Hall–Kier alpha value is -2.37. The predicted octanol–water partition coefficient (Wildman–Crippen LogP) is 6.96. The summed E-state index contributed by atoms with van der Waals surface area (Å²) in [6, 6.07) is 20.0. The molecule has 0 aliphatic rings. The Morgan fingerprint density at radius 3 is 2.46 bits per heavy atom. The third kappa shape index (κ3) is 5.58. The summed E-state index contributed by atoms with van der Waals surface area (Å²) in [7, 11) is 3.30. The monoisotopic (exact) mass is 381 g/mol. The highest BCUT2D eigenvalue weighted by atomic mass is 33.1. The van der Waals surface area contributed by atoms with Crippen LogP contribution in [-0.2, 0) is 0 Å². The van der Waals surface area contributed by atoms with E-state index in [2.05, 4.69) is 24.0 Å². The predicted molar refractivity (Wildman–Crippen MR) is 111 cm³/mol. The Balaban J connectivity index is 1.72. The SMILES string of the molecule is Cc1ccc(/N=C(/C=C/SSc2ccccc2)Oc2ccoc2C)cc1. The highest BCUT2D eigenvalue weighted by molar-refractivity contribution is 8.77. The van der Waals surface area contributed by atoms with Crippen molar-refractivity contribution < 1.29 is 9.15 Å². The Bertz CT molecular complexity index is 884. The van der Waals surface area contributed by atoms with Crippen molar-refractivity contribution >= 4 is 33.2 Å². The molecule has 0 saturated carbocycles. The van der Waals surface area contributed by atoms with E-state index in [0.29, 0.717) is 11.6 Å². The van der Waals surface area contributed by atoms with Gasteiger partial charge in [-0.2, -0.15) is 0 Å². The summed E-state index contributed by atoms with van der Waals surface area (Å²) < 4.78 is 11.2. The van der Waals surface area contributed by atoms with Gasteiger partial charge in [0.2, 0.25) is 5.90 Å². The van der Waals surface area contributed by atoms with Gasteiger partial charge >= 0.3 is 0 Å². The number of hydrogen-bond acceptors (Lipinski definition) is 5. The minimum atomic E-state index is 0.513. The minimum Gasteiger partial charge on any atom is -0.466 e. The smallest absolute Gasteiger partial charge is 0.220 e. The molecule has 0 aliphatic carbocycles. The molecule has 3 aromatic rings. The van der Waals surface area contributed by atoms with Gasteiger partial charge in [0.1, 0.15) is 5.76 Å². The molecule has 2 aromatic carbocycles. The minimum absolute atomic E-state index is 0.513. The number of furan rings is 1. The van der Waals surface area contributed by atoms with Gasteiger partial charge in [-0.15, -0.1) is 0 Å². The van der Waals surface area contributed by atoms with Gasteiger partial charge in [0, 0.05) is 17.0 Å². The Kier molecular flexibility index (Phi) is 6.63. The lowest BCUT2D eigenvalue weighted by Crippen LogP contribution is -2.04. The summed E-state index contributed by atoms with van der Waals surface area (Å²) in [5, 5.41) is 1.97. The highest BCUT2D eigenvalue weighted by Gasteiger charge is 2.06. The molecular weight excluding hydrogens is 362 g/mol. The normalized spacial score (nSPS) is 11.8. The second-order valence-electron chi connectivity index (χ2n) is 5.52. The van der Waals surface area contributed by atoms with E-state index in [1.807, 2.05) is 60.9 Å². The Labute approximate surface area is 161 Å². The van der Waals surface area contributed by atoms with Crippen molar-refractivity contribution in [2.24, 2.45) is 4.99 Å². The molecule has 3 nitrogen and oxygen atoms in total. The average Bonchev–Trinajstić information content (AvgIpc) is 3.06. The van der Waals surface area contributed by atoms with Crippen molar-refractivity contribution in [3.8, 4) is 5.75 Å². The first-order chi connectivity index (χ1) is 12.7. The largest absolute Gasteiger partial charge is 0.466 e. The van der Waals surface area contributed by atoms with Gasteiger partial charge in [0.25, 0.3) is 0 Å². The van der Waals surface area contributed by atoms with Crippen LogP contribution in [0.25, 0.3) is 0 Å². The topological polar surface area (TPSA) is 34.7 Å². The quantitative estimate of drug-likeness (QED) is 0.263. The molecule has 0 bridgehead atoms. The lowest BCUT2D eigenvalue weighted by Gasteiger charge is -2.05. The fourth-order valence-electron chi connectivity index (χ4n) is 2.08. The molecule has 0 unspecified atom stereocenters. The van der Waals surface area contributed by atoms with Crippen LogP contribution in [0.1, 0.15) is 11.3 Å². The Morgan fingerprint density at radius 1 is 1.00 bits per heavy atom. The summed E-state index contributed by atoms with van der Waals surface area (Å²) in [6.45, 7) is 3.92. The van der Waals surface area contributed by atoms with Crippen LogP contribution < -0.4 is 4.74 Å². The van der Waals surface area contributed by atoms with Crippen LogP contribution >= 0.6 is 21.6 Å². The van der Waals surface area contributed by atoms with Gasteiger partial charge in [-0.25, -0.2) is 4.99 Å². The number of rotatable bonds is 6. The maximum atomic E-state index is 5.92. The maximum absolute atomic E-state index is 5.92. The van der Waals surface area contributed by atoms with Crippen LogP contribution in [0, 0.1) is 13.8 Å². The number of aryl methyl sites for hydroxylation is 2. The molecule has 1 aromatic heterocycles. The van der Waals surface area contributed by atoms with E-state index in [0.717, 1.165) is 11.4 Å². The first-order valence-corrected chi connectivity index (χ1v) is 10.3. The summed E-state index contributed by atoms with van der Waals surface area (Å²) in [5.41, 5.74) is 2.04. The molecule has 3 rings (SSSR count). The van der Waals surface area contributed by atoms with Crippen molar-refractivity contribution in [1.29, 1.82) is 0 Å². The lowest BCUT2D eigenvalue weighted by atomic mass is 10.2. The molecule has 0 saturated heterocycles. The second kappa shape index (κ2) is 9.36. The molecule has 26 heavy (non-hydrogen) atoms. The number of benzene rings is 2. The number of ether oxygens (including phenoxy) is 1. The first-order valence-electron chi connectivity index (χ1n) is 8.13. The van der Waals surface area contributed by atoms with E-state index in [9.17, 15) is 0 Å². The van der Waals surface area contributed by atoms with Crippen LogP contribution in [0.5, 0.6) is 5.75 Å². The number of aliphatic imine (C=N–C) groups is 1. The zero-order valence-corrected chi connectivity index (χ0v) is 16.2. The van der Waals surface area contributed by atoms with E-state index < -0.39 is 0 Å². The van der Waals surface area contributed by atoms with Crippen LogP contribution in [0.4, 0.5) is 5.69 Å². The van der Waals surface area contributed by atoms with Crippen molar-refractivity contribution in [2.45, 2.75) is 18.7 Å². The fourth-order valence-corrected chi connectivity index (χ4v) is 3.68. The van der Waals surface area contributed by atoms with Gasteiger partial charge in [0.15, 0.2) is 5.75 Å². The second-order valence-corrected chi connectivity index (χ2v) is 7.70. The van der Waals surface area contributed by atoms with Gasteiger partial charge in [-0.05, 0) is 43.5 Å². The van der Waals surface area contributed by atoms with Gasteiger partial charge in [-0.3, -0.25) is 0 Å².